The Morgan fingerprint density at radius 1 is 0.857 bits per heavy atom. The average molecular weight is 382 g/mol. The van der Waals surface area contributed by atoms with E-state index in [1.165, 1.54) is 14.2 Å². The number of benzene rings is 2. The summed E-state index contributed by atoms with van der Waals surface area (Å²) in [6.45, 7) is 0. The van der Waals surface area contributed by atoms with Crippen LogP contribution in [0.15, 0.2) is 66.4 Å². The van der Waals surface area contributed by atoms with Crippen LogP contribution in [-0.4, -0.2) is 32.1 Å². The molecule has 2 aromatic rings. The summed E-state index contributed by atoms with van der Waals surface area (Å²) in [7, 11) is 2.42. The van der Waals surface area contributed by atoms with E-state index < -0.39 is 11.9 Å². The van der Waals surface area contributed by atoms with E-state index in [4.69, 9.17) is 0 Å². The van der Waals surface area contributed by atoms with Crippen LogP contribution >= 0.6 is 0 Å². The Balaban J connectivity index is 1.94. The van der Waals surface area contributed by atoms with E-state index in [0.29, 0.717) is 24.2 Å². The first-order valence-corrected chi connectivity index (χ1v) is 8.60. The summed E-state index contributed by atoms with van der Waals surface area (Å²) in [5.41, 5.74) is 2.21. The maximum atomic E-state index is 12.1. The number of nitrogens with one attached hydrogen (secondary N) is 2. The van der Waals surface area contributed by atoms with Gasteiger partial charge in [0.25, 0.3) is 0 Å². The van der Waals surface area contributed by atoms with Gasteiger partial charge in [-0.1, -0.05) is 30.3 Å². The Kier molecular flexibility index (Phi) is 7.77. The Hall–Kier alpha value is -3.61. The molecule has 0 heterocycles. The van der Waals surface area contributed by atoms with Crippen LogP contribution < -0.4 is 10.6 Å². The first-order chi connectivity index (χ1) is 13.5. The number of aryl methyl sites for hydroxylation is 1. The van der Waals surface area contributed by atoms with Crippen LogP contribution in [0.4, 0.5) is 11.4 Å². The molecule has 7 heteroatoms. The first kappa shape index (κ1) is 20.7. The minimum absolute atomic E-state index is 0.0611. The number of carbonyl (C=O) groups excluding carboxylic acids is 3. The second-order valence-electron chi connectivity index (χ2n) is 5.81. The molecule has 0 bridgehead atoms. The van der Waals surface area contributed by atoms with Crippen LogP contribution in [0.3, 0.4) is 0 Å². The van der Waals surface area contributed by atoms with E-state index in [1.807, 2.05) is 30.3 Å². The molecule has 0 saturated carbocycles. The second kappa shape index (κ2) is 10.5. The van der Waals surface area contributed by atoms with Gasteiger partial charge in [0, 0.05) is 17.8 Å². The van der Waals surface area contributed by atoms with Crippen LogP contribution in [0.25, 0.3) is 0 Å². The fourth-order valence-electron chi connectivity index (χ4n) is 2.35. The normalized spacial score (nSPS) is 10.7. The van der Waals surface area contributed by atoms with Crippen LogP contribution in [0.2, 0.25) is 0 Å². The summed E-state index contributed by atoms with van der Waals surface area (Å²) in [6, 6.07) is 16.5. The molecule has 0 saturated heterocycles. The highest BCUT2D eigenvalue weighted by Gasteiger charge is 2.13. The van der Waals surface area contributed by atoms with Crippen molar-refractivity contribution < 1.29 is 23.9 Å². The molecule has 0 aromatic heterocycles. The van der Waals surface area contributed by atoms with Crippen molar-refractivity contribution in [3.8, 4) is 0 Å². The van der Waals surface area contributed by atoms with Crippen LogP contribution in [0, 0.1) is 0 Å². The van der Waals surface area contributed by atoms with Crippen molar-refractivity contribution in [2.24, 2.45) is 0 Å². The van der Waals surface area contributed by atoms with Crippen molar-refractivity contribution in [1.29, 1.82) is 0 Å². The minimum atomic E-state index is -0.705. The third kappa shape index (κ3) is 6.60. The summed E-state index contributed by atoms with van der Waals surface area (Å²) in [5, 5.41) is 5.62. The zero-order valence-corrected chi connectivity index (χ0v) is 15.7. The maximum Gasteiger partial charge on any atom is 0.354 e. The highest BCUT2D eigenvalue weighted by molar-refractivity contribution is 5.98. The Bertz CT molecular complexity index is 845. The number of rotatable bonds is 8. The van der Waals surface area contributed by atoms with Gasteiger partial charge in [-0.05, 0) is 36.2 Å². The van der Waals surface area contributed by atoms with Crippen LogP contribution in [0.5, 0.6) is 0 Å². The van der Waals surface area contributed by atoms with Crippen molar-refractivity contribution in [2.45, 2.75) is 12.8 Å². The summed E-state index contributed by atoms with van der Waals surface area (Å²) in [6.07, 6.45) is 2.04. The molecule has 0 aliphatic rings. The molecule has 0 aliphatic heterocycles. The molecule has 0 atom stereocenters. The van der Waals surface area contributed by atoms with E-state index in [1.54, 1.807) is 24.3 Å². The molecule has 2 rings (SSSR count). The number of hydrogen-bond donors (Lipinski definition) is 2. The standard InChI is InChI=1S/C21H22N2O5/c1-27-20(25)14-18(21(26)28-2)22-16-9-11-17(12-10-16)23-19(24)13-8-15-6-4-3-5-7-15/h3-7,9-12,14,22H,8,13H2,1-2H3,(H,23,24)/b18-14+. The third-order valence-corrected chi connectivity index (χ3v) is 3.80. The van der Waals surface area contributed by atoms with E-state index in [9.17, 15) is 14.4 Å². The molecule has 1 amide bonds. The molecule has 2 aromatic carbocycles. The van der Waals surface area contributed by atoms with Gasteiger partial charge < -0.3 is 20.1 Å². The molecule has 0 radical (unpaired) electrons. The van der Waals surface area contributed by atoms with Crippen molar-refractivity contribution in [3.05, 3.63) is 71.9 Å². The van der Waals surface area contributed by atoms with Gasteiger partial charge in [0.2, 0.25) is 5.91 Å². The van der Waals surface area contributed by atoms with Crippen molar-refractivity contribution in [3.63, 3.8) is 0 Å². The number of esters is 2. The Morgan fingerprint density at radius 3 is 2.04 bits per heavy atom. The SMILES string of the molecule is COC(=O)/C=C(/Nc1ccc(NC(=O)CCc2ccccc2)cc1)C(=O)OC. The number of methoxy groups -OCH3 is 2. The molecule has 0 aliphatic carbocycles. The van der Waals surface area contributed by atoms with E-state index in [-0.39, 0.29) is 11.6 Å². The van der Waals surface area contributed by atoms with Gasteiger partial charge >= 0.3 is 11.9 Å². The fourth-order valence-corrected chi connectivity index (χ4v) is 2.35. The smallest absolute Gasteiger partial charge is 0.354 e. The number of amides is 1. The minimum Gasteiger partial charge on any atom is -0.466 e. The van der Waals surface area contributed by atoms with Gasteiger partial charge in [-0.2, -0.15) is 0 Å². The lowest BCUT2D eigenvalue weighted by Gasteiger charge is -2.10. The molecular weight excluding hydrogens is 360 g/mol. The van der Waals surface area contributed by atoms with E-state index >= 15 is 0 Å². The monoisotopic (exact) mass is 382 g/mol. The van der Waals surface area contributed by atoms with Crippen LogP contribution in [0.1, 0.15) is 12.0 Å². The molecule has 2 N–H and O–H groups in total. The van der Waals surface area contributed by atoms with Gasteiger partial charge in [0.15, 0.2) is 0 Å². The number of anilines is 2. The maximum absolute atomic E-state index is 12.1. The fraction of sp³-hybridized carbons (Fsp3) is 0.190. The summed E-state index contributed by atoms with van der Waals surface area (Å²) < 4.78 is 9.16. The van der Waals surface area contributed by atoms with Crippen molar-refractivity contribution >= 4 is 29.2 Å². The van der Waals surface area contributed by atoms with Gasteiger partial charge in [0.05, 0.1) is 20.3 Å². The molecular formula is C21H22N2O5. The number of hydrogen-bond acceptors (Lipinski definition) is 6. The molecule has 0 unspecified atom stereocenters. The van der Waals surface area contributed by atoms with Gasteiger partial charge in [-0.15, -0.1) is 0 Å². The van der Waals surface area contributed by atoms with Gasteiger partial charge in [0.1, 0.15) is 5.70 Å². The largest absolute Gasteiger partial charge is 0.466 e. The number of carbonyl (C=O) groups is 3. The van der Waals surface area contributed by atoms with Crippen molar-refractivity contribution in [1.82, 2.24) is 0 Å². The average Bonchev–Trinajstić information content (AvgIpc) is 2.73. The highest BCUT2D eigenvalue weighted by atomic mass is 16.5. The quantitative estimate of drug-likeness (QED) is 0.539. The van der Waals surface area contributed by atoms with Gasteiger partial charge in [-0.3, -0.25) is 4.79 Å². The highest BCUT2D eigenvalue weighted by Crippen LogP contribution is 2.16. The van der Waals surface area contributed by atoms with Gasteiger partial charge in [-0.25, -0.2) is 9.59 Å². The zero-order chi connectivity index (χ0) is 20.4. The predicted molar refractivity (Wildman–Crippen MR) is 106 cm³/mol. The summed E-state index contributed by atoms with van der Waals surface area (Å²) in [4.78, 5) is 35.2. The topological polar surface area (TPSA) is 93.7 Å². The zero-order valence-electron chi connectivity index (χ0n) is 15.7. The summed E-state index contributed by atoms with van der Waals surface area (Å²) in [5.74, 6) is -1.48. The lowest BCUT2D eigenvalue weighted by Crippen LogP contribution is -2.15. The first-order valence-electron chi connectivity index (χ1n) is 8.60. The number of ether oxygens (including phenoxy) is 2. The molecule has 0 fully saturated rings. The van der Waals surface area contributed by atoms with E-state index in [0.717, 1.165) is 11.6 Å². The molecule has 28 heavy (non-hydrogen) atoms. The molecule has 0 spiro atoms. The lowest BCUT2D eigenvalue weighted by molar-refractivity contribution is -0.138. The Labute approximate surface area is 163 Å². The third-order valence-electron chi connectivity index (χ3n) is 3.80. The Morgan fingerprint density at radius 2 is 1.46 bits per heavy atom. The van der Waals surface area contributed by atoms with Crippen molar-refractivity contribution in [2.75, 3.05) is 24.9 Å². The predicted octanol–water partition coefficient (Wildman–Crippen LogP) is 2.90. The lowest BCUT2D eigenvalue weighted by atomic mass is 10.1. The summed E-state index contributed by atoms with van der Waals surface area (Å²) >= 11 is 0. The molecule has 7 nitrogen and oxygen atoms in total. The van der Waals surface area contributed by atoms with E-state index in [2.05, 4.69) is 20.1 Å². The van der Waals surface area contributed by atoms with Crippen LogP contribution in [-0.2, 0) is 30.3 Å². The molecule has 146 valence electrons. The second-order valence-corrected chi connectivity index (χ2v) is 5.81.